The molecule has 160 valence electrons. The first-order valence-corrected chi connectivity index (χ1v) is 10.5. The molecule has 1 aromatic heterocycles. The largest absolute Gasteiger partial charge is 0.462 e. The maximum absolute atomic E-state index is 14.5. The van der Waals surface area contributed by atoms with Crippen molar-refractivity contribution in [3.05, 3.63) is 83.4 Å². The lowest BCUT2D eigenvalue weighted by Gasteiger charge is -2.34. The summed E-state index contributed by atoms with van der Waals surface area (Å²) in [6.07, 6.45) is 4.55. The number of aliphatic imine (C=N–C) groups is 1. The molecular formula is C25H20FN3O3. The zero-order chi connectivity index (χ0) is 21.7. The quantitative estimate of drug-likeness (QED) is 0.654. The molecule has 2 aromatic carbocycles. The number of hydrogen-bond donors (Lipinski definition) is 1. The zero-order valence-corrected chi connectivity index (χ0v) is 17.2. The van der Waals surface area contributed by atoms with Crippen molar-refractivity contribution in [3.8, 4) is 22.6 Å². The van der Waals surface area contributed by atoms with Crippen LogP contribution in [0.3, 0.4) is 0 Å². The van der Waals surface area contributed by atoms with Crippen molar-refractivity contribution < 1.29 is 18.6 Å². The first kappa shape index (κ1) is 19.0. The van der Waals surface area contributed by atoms with Crippen molar-refractivity contribution in [3.63, 3.8) is 0 Å². The van der Waals surface area contributed by atoms with Crippen LogP contribution in [-0.2, 0) is 15.0 Å². The molecule has 7 heteroatoms. The maximum atomic E-state index is 14.5. The van der Waals surface area contributed by atoms with Crippen LogP contribution in [0, 0.1) is 5.82 Å². The number of ether oxygens (including phenoxy) is 3. The number of aromatic nitrogens is 1. The monoisotopic (exact) mass is 429 g/mol. The van der Waals surface area contributed by atoms with Gasteiger partial charge in [-0.25, -0.2) is 9.38 Å². The fourth-order valence-electron chi connectivity index (χ4n) is 4.56. The van der Waals surface area contributed by atoms with E-state index in [2.05, 4.69) is 4.98 Å². The molecule has 32 heavy (non-hydrogen) atoms. The Balaban J connectivity index is 1.54. The highest BCUT2D eigenvalue weighted by atomic mass is 19.1. The molecular weight excluding hydrogens is 409 g/mol. The lowest BCUT2D eigenvalue weighted by molar-refractivity contribution is 0.161. The van der Waals surface area contributed by atoms with Crippen molar-refractivity contribution in [1.29, 1.82) is 0 Å². The summed E-state index contributed by atoms with van der Waals surface area (Å²) in [6.45, 7) is 1.46. The molecule has 0 saturated heterocycles. The summed E-state index contributed by atoms with van der Waals surface area (Å²) in [5, 5.41) is 0. The molecule has 3 aromatic rings. The van der Waals surface area contributed by atoms with E-state index in [4.69, 9.17) is 24.9 Å². The Kier molecular flexibility index (Phi) is 4.26. The van der Waals surface area contributed by atoms with Gasteiger partial charge in [0.15, 0.2) is 11.3 Å². The van der Waals surface area contributed by atoms with Crippen LogP contribution in [-0.4, -0.2) is 30.8 Å². The Labute approximate surface area is 184 Å². The SMILES string of the molecule is NC1=N[C@@]2(CO1)c1cc(-c3ccccc3F)ccc1Oc1cnc(C3=CCOCC3)cc12. The van der Waals surface area contributed by atoms with Gasteiger partial charge in [-0.1, -0.05) is 30.3 Å². The second-order valence-electron chi connectivity index (χ2n) is 8.01. The Morgan fingerprint density at radius 1 is 1.03 bits per heavy atom. The number of benzene rings is 2. The topological polar surface area (TPSA) is 79.0 Å². The summed E-state index contributed by atoms with van der Waals surface area (Å²) < 4.78 is 31.8. The predicted molar refractivity (Wildman–Crippen MR) is 118 cm³/mol. The third kappa shape index (κ3) is 2.89. The standard InChI is InChI=1S/C25H20FN3O3/c26-20-4-2-1-3-17(20)16-5-6-22-18(11-16)25(14-31-24(27)29-25)19-12-21(28-13-23(19)32-22)15-7-9-30-10-8-15/h1-7,11-13H,8-10,14H2,(H2,27,29)/t25-/m0/s1. The molecule has 6 rings (SSSR count). The van der Waals surface area contributed by atoms with Gasteiger partial charge in [-0.15, -0.1) is 0 Å². The molecule has 3 aliphatic heterocycles. The smallest absolute Gasteiger partial charge is 0.283 e. The van der Waals surface area contributed by atoms with E-state index < -0.39 is 5.54 Å². The fourth-order valence-corrected chi connectivity index (χ4v) is 4.56. The van der Waals surface area contributed by atoms with Crippen LogP contribution < -0.4 is 10.5 Å². The number of pyridine rings is 1. The molecule has 2 N–H and O–H groups in total. The maximum Gasteiger partial charge on any atom is 0.283 e. The van der Waals surface area contributed by atoms with E-state index in [0.717, 1.165) is 34.4 Å². The van der Waals surface area contributed by atoms with Gasteiger partial charge in [0, 0.05) is 16.7 Å². The Morgan fingerprint density at radius 2 is 1.91 bits per heavy atom. The molecule has 1 spiro atoms. The molecule has 1 atom stereocenters. The minimum Gasteiger partial charge on any atom is -0.462 e. The number of fused-ring (bicyclic) bond motifs is 4. The summed E-state index contributed by atoms with van der Waals surface area (Å²) >= 11 is 0. The van der Waals surface area contributed by atoms with Crippen molar-refractivity contribution in [1.82, 2.24) is 4.98 Å². The summed E-state index contributed by atoms with van der Waals surface area (Å²) in [4.78, 5) is 9.35. The Bertz CT molecular complexity index is 1300. The van der Waals surface area contributed by atoms with Gasteiger partial charge in [-0.2, -0.15) is 0 Å². The van der Waals surface area contributed by atoms with Crippen LogP contribution in [0.5, 0.6) is 11.5 Å². The highest BCUT2D eigenvalue weighted by Gasteiger charge is 2.47. The molecule has 4 heterocycles. The summed E-state index contributed by atoms with van der Waals surface area (Å²) in [5.74, 6) is 0.941. The van der Waals surface area contributed by atoms with Gasteiger partial charge in [-0.3, -0.25) is 4.98 Å². The zero-order valence-electron chi connectivity index (χ0n) is 17.2. The molecule has 0 amide bonds. The minimum absolute atomic E-state index is 0.115. The van der Waals surface area contributed by atoms with Gasteiger partial charge in [0.2, 0.25) is 0 Å². The van der Waals surface area contributed by atoms with Gasteiger partial charge in [-0.05, 0) is 41.8 Å². The number of halogens is 1. The number of amidine groups is 1. The lowest BCUT2D eigenvalue weighted by atomic mass is 9.80. The van der Waals surface area contributed by atoms with Gasteiger partial charge in [0.05, 0.1) is 25.1 Å². The molecule has 0 aliphatic carbocycles. The summed E-state index contributed by atoms with van der Waals surface area (Å²) in [7, 11) is 0. The highest BCUT2D eigenvalue weighted by Crippen LogP contribution is 2.52. The van der Waals surface area contributed by atoms with Gasteiger partial charge >= 0.3 is 0 Å². The van der Waals surface area contributed by atoms with Crippen LogP contribution in [0.2, 0.25) is 0 Å². The van der Waals surface area contributed by atoms with Crippen LogP contribution in [0.4, 0.5) is 4.39 Å². The second-order valence-corrected chi connectivity index (χ2v) is 8.01. The second kappa shape index (κ2) is 7.17. The van der Waals surface area contributed by atoms with E-state index in [-0.39, 0.29) is 18.4 Å². The third-order valence-electron chi connectivity index (χ3n) is 6.17. The number of rotatable bonds is 2. The number of nitrogens with two attached hydrogens (primary N) is 1. The van der Waals surface area contributed by atoms with Crippen molar-refractivity contribution in [2.24, 2.45) is 10.7 Å². The van der Waals surface area contributed by atoms with Crippen LogP contribution in [0.15, 0.2) is 65.8 Å². The molecule has 0 saturated carbocycles. The Hall–Kier alpha value is -3.71. The van der Waals surface area contributed by atoms with Gasteiger partial charge < -0.3 is 19.9 Å². The lowest BCUT2D eigenvalue weighted by Crippen LogP contribution is -2.31. The third-order valence-corrected chi connectivity index (χ3v) is 6.17. The van der Waals surface area contributed by atoms with E-state index in [1.165, 1.54) is 6.07 Å². The van der Waals surface area contributed by atoms with E-state index in [9.17, 15) is 4.39 Å². The van der Waals surface area contributed by atoms with Crippen LogP contribution in [0.25, 0.3) is 16.7 Å². The molecule has 0 radical (unpaired) electrons. The van der Waals surface area contributed by atoms with Gasteiger partial charge in [0.25, 0.3) is 6.02 Å². The van der Waals surface area contributed by atoms with E-state index >= 15 is 0 Å². The first-order chi connectivity index (χ1) is 15.6. The molecule has 0 unspecified atom stereocenters. The van der Waals surface area contributed by atoms with Crippen LogP contribution in [0.1, 0.15) is 23.2 Å². The van der Waals surface area contributed by atoms with Crippen molar-refractivity contribution in [2.75, 3.05) is 19.8 Å². The molecule has 0 fully saturated rings. The molecule has 6 nitrogen and oxygen atoms in total. The molecule has 3 aliphatic rings. The first-order valence-electron chi connectivity index (χ1n) is 10.5. The summed E-state index contributed by atoms with van der Waals surface area (Å²) in [5.41, 5.74) is 9.92. The minimum atomic E-state index is -0.891. The highest BCUT2D eigenvalue weighted by molar-refractivity contribution is 5.78. The predicted octanol–water partition coefficient (Wildman–Crippen LogP) is 4.39. The van der Waals surface area contributed by atoms with Crippen molar-refractivity contribution >= 4 is 11.6 Å². The fraction of sp³-hybridized carbons (Fsp3) is 0.200. The number of nitrogens with zero attached hydrogens (tertiary/aromatic N) is 2. The summed E-state index contributed by atoms with van der Waals surface area (Å²) in [6, 6.07) is 14.4. The normalized spacial score (nSPS) is 21.2. The average Bonchev–Trinajstić information content (AvgIpc) is 3.22. The van der Waals surface area contributed by atoms with E-state index in [0.29, 0.717) is 30.3 Å². The van der Waals surface area contributed by atoms with E-state index in [1.807, 2.05) is 36.4 Å². The number of hydrogen-bond acceptors (Lipinski definition) is 6. The van der Waals surface area contributed by atoms with Crippen LogP contribution >= 0.6 is 0 Å². The average molecular weight is 429 g/mol. The van der Waals surface area contributed by atoms with E-state index in [1.54, 1.807) is 18.3 Å². The molecule has 0 bridgehead atoms. The Morgan fingerprint density at radius 3 is 2.69 bits per heavy atom. The van der Waals surface area contributed by atoms with Gasteiger partial charge in [0.1, 0.15) is 18.2 Å². The van der Waals surface area contributed by atoms with Crippen molar-refractivity contribution in [2.45, 2.75) is 12.0 Å².